The van der Waals surface area contributed by atoms with Crippen LogP contribution in [0.4, 0.5) is 5.69 Å². The number of hydrogen-bond donors (Lipinski definition) is 2. The van der Waals surface area contributed by atoms with Crippen molar-refractivity contribution in [2.45, 2.75) is 13.0 Å². The maximum atomic E-state index is 12.4. The SMILES string of the molecule is N#CCC(=O)N/N=C/c1cn(CC(=O)Nc2ccccc2)c2ccccc12. The Hall–Kier alpha value is -3.92. The molecule has 134 valence electrons. The highest BCUT2D eigenvalue weighted by atomic mass is 16.2. The number of nitriles is 1. The number of benzene rings is 2. The zero-order valence-electron chi connectivity index (χ0n) is 14.4. The van der Waals surface area contributed by atoms with E-state index in [0.29, 0.717) is 0 Å². The third-order valence-electron chi connectivity index (χ3n) is 3.82. The number of amides is 2. The number of hydrazone groups is 1. The molecule has 0 bridgehead atoms. The van der Waals surface area contributed by atoms with Crippen molar-refractivity contribution < 1.29 is 9.59 Å². The van der Waals surface area contributed by atoms with Gasteiger partial charge in [0.15, 0.2) is 0 Å². The highest BCUT2D eigenvalue weighted by Gasteiger charge is 2.10. The Morgan fingerprint density at radius 1 is 1.07 bits per heavy atom. The summed E-state index contributed by atoms with van der Waals surface area (Å²) in [7, 11) is 0. The van der Waals surface area contributed by atoms with E-state index in [2.05, 4.69) is 15.8 Å². The molecule has 27 heavy (non-hydrogen) atoms. The fourth-order valence-electron chi connectivity index (χ4n) is 2.67. The minimum absolute atomic E-state index is 0.143. The van der Waals surface area contributed by atoms with Crippen LogP contribution in [-0.4, -0.2) is 22.6 Å². The number of nitrogens with zero attached hydrogens (tertiary/aromatic N) is 3. The van der Waals surface area contributed by atoms with Gasteiger partial charge in [-0.25, -0.2) is 5.43 Å². The Balaban J connectivity index is 1.78. The molecule has 0 aliphatic carbocycles. The lowest BCUT2D eigenvalue weighted by molar-refractivity contribution is -0.120. The fourth-order valence-corrected chi connectivity index (χ4v) is 2.67. The fraction of sp³-hybridized carbons (Fsp3) is 0.100. The van der Waals surface area contributed by atoms with E-state index in [-0.39, 0.29) is 18.9 Å². The molecule has 2 aromatic carbocycles. The van der Waals surface area contributed by atoms with Gasteiger partial charge in [-0.15, -0.1) is 0 Å². The quantitative estimate of drug-likeness (QED) is 0.523. The van der Waals surface area contributed by atoms with Gasteiger partial charge < -0.3 is 9.88 Å². The smallest absolute Gasteiger partial charge is 0.254 e. The number of hydrogen-bond acceptors (Lipinski definition) is 4. The number of carbonyl (C=O) groups excluding carboxylic acids is 2. The van der Waals surface area contributed by atoms with E-state index in [4.69, 9.17) is 5.26 Å². The van der Waals surface area contributed by atoms with Gasteiger partial charge in [0.05, 0.1) is 12.3 Å². The number of fused-ring (bicyclic) bond motifs is 1. The first-order valence-electron chi connectivity index (χ1n) is 8.29. The predicted octanol–water partition coefficient (Wildman–Crippen LogP) is 2.64. The number of anilines is 1. The van der Waals surface area contributed by atoms with Crippen molar-refractivity contribution >= 4 is 34.6 Å². The van der Waals surface area contributed by atoms with Crippen LogP contribution < -0.4 is 10.7 Å². The van der Waals surface area contributed by atoms with Gasteiger partial charge in [0.2, 0.25) is 5.91 Å². The monoisotopic (exact) mass is 359 g/mol. The molecule has 1 aromatic heterocycles. The summed E-state index contributed by atoms with van der Waals surface area (Å²) in [5, 5.41) is 16.1. The van der Waals surface area contributed by atoms with Gasteiger partial charge in [0.1, 0.15) is 13.0 Å². The number of para-hydroxylation sites is 2. The van der Waals surface area contributed by atoms with Crippen LogP contribution in [0.3, 0.4) is 0 Å². The molecule has 0 fully saturated rings. The van der Waals surface area contributed by atoms with E-state index in [1.807, 2.05) is 59.2 Å². The van der Waals surface area contributed by atoms with Crippen LogP contribution >= 0.6 is 0 Å². The standard InChI is InChI=1S/C20H17N5O2/c21-11-10-19(26)24-22-12-15-13-25(18-9-5-4-8-17(15)18)14-20(27)23-16-6-2-1-3-7-16/h1-9,12-13H,10,14H2,(H,23,27)(H,24,26)/b22-12+. The molecule has 0 saturated carbocycles. The van der Waals surface area contributed by atoms with Crippen LogP contribution in [0.15, 0.2) is 65.9 Å². The lowest BCUT2D eigenvalue weighted by Gasteiger charge is -2.07. The summed E-state index contributed by atoms with van der Waals surface area (Å²) in [5.41, 5.74) is 4.68. The molecule has 0 unspecified atom stereocenters. The van der Waals surface area contributed by atoms with Gasteiger partial charge in [0, 0.05) is 28.4 Å². The first-order valence-corrected chi connectivity index (χ1v) is 8.29. The molecule has 0 aliphatic heterocycles. The molecule has 2 amide bonds. The van der Waals surface area contributed by atoms with Crippen molar-refractivity contribution in [1.29, 1.82) is 5.26 Å². The summed E-state index contributed by atoms with van der Waals surface area (Å²) in [6.07, 6.45) is 3.05. The van der Waals surface area contributed by atoms with Crippen molar-refractivity contribution in [1.82, 2.24) is 9.99 Å². The van der Waals surface area contributed by atoms with Gasteiger partial charge in [0.25, 0.3) is 5.91 Å². The highest BCUT2D eigenvalue weighted by Crippen LogP contribution is 2.20. The summed E-state index contributed by atoms with van der Waals surface area (Å²) < 4.78 is 1.83. The first kappa shape index (κ1) is 17.9. The molecule has 0 radical (unpaired) electrons. The average molecular weight is 359 g/mol. The van der Waals surface area contributed by atoms with Gasteiger partial charge in [-0.2, -0.15) is 10.4 Å². The lowest BCUT2D eigenvalue weighted by atomic mass is 10.2. The minimum atomic E-state index is -0.472. The minimum Gasteiger partial charge on any atom is -0.337 e. The third kappa shape index (κ3) is 4.58. The summed E-state index contributed by atoms with van der Waals surface area (Å²) in [6, 6.07) is 18.6. The molecule has 3 aromatic rings. The Labute approximate surface area is 155 Å². The molecular formula is C20H17N5O2. The second-order valence-corrected chi connectivity index (χ2v) is 5.77. The average Bonchev–Trinajstić information content (AvgIpc) is 3.00. The van der Waals surface area contributed by atoms with E-state index in [0.717, 1.165) is 22.2 Å². The van der Waals surface area contributed by atoms with Gasteiger partial charge in [-0.3, -0.25) is 9.59 Å². The summed E-state index contributed by atoms with van der Waals surface area (Å²) in [5.74, 6) is -0.618. The number of aromatic nitrogens is 1. The van der Waals surface area contributed by atoms with Crippen LogP contribution in [0.1, 0.15) is 12.0 Å². The molecule has 0 saturated heterocycles. The topological polar surface area (TPSA) is 99.3 Å². The molecular weight excluding hydrogens is 342 g/mol. The van der Waals surface area contributed by atoms with E-state index >= 15 is 0 Å². The first-order chi connectivity index (χ1) is 13.2. The molecule has 2 N–H and O–H groups in total. The van der Waals surface area contributed by atoms with E-state index in [1.165, 1.54) is 6.21 Å². The highest BCUT2D eigenvalue weighted by molar-refractivity contribution is 6.00. The van der Waals surface area contributed by atoms with E-state index in [9.17, 15) is 9.59 Å². The Morgan fingerprint density at radius 3 is 2.59 bits per heavy atom. The van der Waals surface area contributed by atoms with Gasteiger partial charge in [-0.1, -0.05) is 36.4 Å². The van der Waals surface area contributed by atoms with Crippen LogP contribution in [0, 0.1) is 11.3 Å². The number of rotatable bonds is 6. The molecule has 7 heteroatoms. The van der Waals surface area contributed by atoms with Crippen LogP contribution in [0.2, 0.25) is 0 Å². The van der Waals surface area contributed by atoms with Gasteiger partial charge >= 0.3 is 0 Å². The van der Waals surface area contributed by atoms with E-state index < -0.39 is 5.91 Å². The molecule has 0 atom stereocenters. The summed E-state index contributed by atoms with van der Waals surface area (Å²) >= 11 is 0. The number of nitrogens with one attached hydrogen (secondary N) is 2. The summed E-state index contributed by atoms with van der Waals surface area (Å²) in [6.45, 7) is 0.143. The molecule has 7 nitrogen and oxygen atoms in total. The van der Waals surface area contributed by atoms with Crippen molar-refractivity contribution in [3.63, 3.8) is 0 Å². The molecule has 1 heterocycles. The molecule has 0 spiro atoms. The zero-order chi connectivity index (χ0) is 19.1. The van der Waals surface area contributed by atoms with Crippen molar-refractivity contribution in [2.75, 3.05) is 5.32 Å². The van der Waals surface area contributed by atoms with Crippen molar-refractivity contribution in [3.05, 3.63) is 66.4 Å². The maximum Gasteiger partial charge on any atom is 0.254 e. The largest absolute Gasteiger partial charge is 0.337 e. The van der Waals surface area contributed by atoms with Gasteiger partial charge in [-0.05, 0) is 18.2 Å². The zero-order valence-corrected chi connectivity index (χ0v) is 14.4. The number of carbonyl (C=O) groups is 2. The normalized spacial score (nSPS) is 10.6. The second kappa shape index (κ2) is 8.45. The Kier molecular flexibility index (Phi) is 5.60. The lowest BCUT2D eigenvalue weighted by Crippen LogP contribution is -2.18. The second-order valence-electron chi connectivity index (χ2n) is 5.77. The molecule has 0 aliphatic rings. The van der Waals surface area contributed by atoms with Crippen LogP contribution in [-0.2, 0) is 16.1 Å². The van der Waals surface area contributed by atoms with Crippen molar-refractivity contribution in [3.8, 4) is 6.07 Å². The third-order valence-corrected chi connectivity index (χ3v) is 3.82. The van der Waals surface area contributed by atoms with Crippen LogP contribution in [0.5, 0.6) is 0 Å². The summed E-state index contributed by atoms with van der Waals surface area (Å²) in [4.78, 5) is 23.7. The predicted molar refractivity (Wildman–Crippen MR) is 103 cm³/mol. The maximum absolute atomic E-state index is 12.4. The Morgan fingerprint density at radius 2 is 1.81 bits per heavy atom. The van der Waals surface area contributed by atoms with Crippen LogP contribution in [0.25, 0.3) is 10.9 Å². The van der Waals surface area contributed by atoms with E-state index in [1.54, 1.807) is 12.3 Å². The van der Waals surface area contributed by atoms with Crippen molar-refractivity contribution in [2.24, 2.45) is 5.10 Å². The molecule has 3 rings (SSSR count). The Bertz CT molecular complexity index is 1030.